The van der Waals surface area contributed by atoms with Gasteiger partial charge in [0.25, 0.3) is 5.91 Å². The molecule has 2 aromatic rings. The molecule has 0 aliphatic heterocycles. The van der Waals surface area contributed by atoms with Crippen LogP contribution in [-0.4, -0.2) is 39.1 Å². The minimum absolute atomic E-state index is 0.104. The van der Waals surface area contributed by atoms with Gasteiger partial charge in [0.05, 0.1) is 5.39 Å². The Labute approximate surface area is 117 Å². The number of nitrogens with zero attached hydrogens (tertiary/aromatic N) is 2. The van der Waals surface area contributed by atoms with Gasteiger partial charge in [-0.2, -0.15) is 0 Å². The highest BCUT2D eigenvalue weighted by molar-refractivity contribution is 6.03. The van der Waals surface area contributed by atoms with Gasteiger partial charge < -0.3 is 15.4 Å². The summed E-state index contributed by atoms with van der Waals surface area (Å²) in [5, 5.41) is 12.7. The van der Waals surface area contributed by atoms with Gasteiger partial charge in [0.15, 0.2) is 0 Å². The van der Waals surface area contributed by atoms with Gasteiger partial charge in [-0.25, -0.2) is 9.97 Å². The van der Waals surface area contributed by atoms with Crippen molar-refractivity contribution in [3.63, 3.8) is 0 Å². The summed E-state index contributed by atoms with van der Waals surface area (Å²) >= 11 is 0. The van der Waals surface area contributed by atoms with Crippen molar-refractivity contribution < 1.29 is 9.90 Å². The zero-order chi connectivity index (χ0) is 14.6. The van der Waals surface area contributed by atoms with Gasteiger partial charge in [0, 0.05) is 19.3 Å². The summed E-state index contributed by atoms with van der Waals surface area (Å²) in [7, 11) is 0. The average molecular weight is 276 g/mol. The number of H-pyrrole nitrogens is 1. The standard InChI is InChI=1S/C14H20N4O2/c1-14(2,8-19)5-3-6-16-13(20)11-10-4-7-15-12(10)18-9-17-11/h4,7,9,19H,3,5-6,8H2,1-2H3,(H,16,20)(H,15,17,18). The third-order valence-electron chi connectivity index (χ3n) is 3.31. The van der Waals surface area contributed by atoms with Gasteiger partial charge in [0.1, 0.15) is 17.7 Å². The van der Waals surface area contributed by atoms with E-state index in [1.54, 1.807) is 12.3 Å². The van der Waals surface area contributed by atoms with E-state index < -0.39 is 0 Å². The number of hydrogen-bond acceptors (Lipinski definition) is 4. The van der Waals surface area contributed by atoms with Gasteiger partial charge in [-0.05, 0) is 24.3 Å². The van der Waals surface area contributed by atoms with Crippen LogP contribution in [0.4, 0.5) is 0 Å². The molecule has 2 rings (SSSR count). The Morgan fingerprint density at radius 2 is 2.25 bits per heavy atom. The molecular weight excluding hydrogens is 256 g/mol. The van der Waals surface area contributed by atoms with Crippen LogP contribution in [0.3, 0.4) is 0 Å². The van der Waals surface area contributed by atoms with Crippen molar-refractivity contribution in [3.8, 4) is 0 Å². The number of hydrogen-bond donors (Lipinski definition) is 3. The third kappa shape index (κ3) is 3.33. The second-order valence-corrected chi connectivity index (χ2v) is 5.64. The van der Waals surface area contributed by atoms with Crippen LogP contribution in [0.1, 0.15) is 37.2 Å². The molecule has 20 heavy (non-hydrogen) atoms. The Morgan fingerprint density at radius 3 is 3.00 bits per heavy atom. The summed E-state index contributed by atoms with van der Waals surface area (Å²) in [6.07, 6.45) is 4.79. The summed E-state index contributed by atoms with van der Waals surface area (Å²) < 4.78 is 0. The molecule has 0 aliphatic carbocycles. The third-order valence-corrected chi connectivity index (χ3v) is 3.31. The summed E-state index contributed by atoms with van der Waals surface area (Å²) in [6, 6.07) is 1.79. The number of aromatic nitrogens is 3. The normalized spacial score (nSPS) is 11.8. The fourth-order valence-electron chi connectivity index (χ4n) is 1.98. The molecule has 6 nitrogen and oxygen atoms in total. The van der Waals surface area contributed by atoms with Gasteiger partial charge in [0.2, 0.25) is 0 Å². The van der Waals surface area contributed by atoms with E-state index in [1.165, 1.54) is 6.33 Å². The van der Waals surface area contributed by atoms with Gasteiger partial charge >= 0.3 is 0 Å². The molecule has 0 atom stereocenters. The molecule has 0 aromatic carbocycles. The molecule has 0 aliphatic rings. The van der Waals surface area contributed by atoms with Crippen LogP contribution in [0.2, 0.25) is 0 Å². The van der Waals surface area contributed by atoms with Crippen LogP contribution >= 0.6 is 0 Å². The van der Waals surface area contributed by atoms with Crippen LogP contribution in [-0.2, 0) is 0 Å². The molecule has 1 amide bonds. The molecule has 0 bridgehead atoms. The van der Waals surface area contributed by atoms with E-state index in [2.05, 4.69) is 20.3 Å². The summed E-state index contributed by atoms with van der Waals surface area (Å²) in [6.45, 7) is 4.72. The second-order valence-electron chi connectivity index (χ2n) is 5.64. The zero-order valence-corrected chi connectivity index (χ0v) is 11.8. The van der Waals surface area contributed by atoms with Crippen molar-refractivity contribution in [1.82, 2.24) is 20.3 Å². The van der Waals surface area contributed by atoms with Gasteiger partial charge in [-0.1, -0.05) is 13.8 Å². The van der Waals surface area contributed by atoms with E-state index in [1.807, 2.05) is 13.8 Å². The Kier molecular flexibility index (Phi) is 4.34. The number of nitrogens with one attached hydrogen (secondary N) is 2. The predicted molar refractivity (Wildman–Crippen MR) is 76.3 cm³/mol. The maximum absolute atomic E-state index is 12.1. The highest BCUT2D eigenvalue weighted by Crippen LogP contribution is 2.20. The lowest BCUT2D eigenvalue weighted by molar-refractivity contribution is 0.0945. The number of aliphatic hydroxyl groups excluding tert-OH is 1. The molecule has 0 saturated heterocycles. The lowest BCUT2D eigenvalue weighted by Crippen LogP contribution is -2.27. The number of aliphatic hydroxyl groups is 1. The fourth-order valence-corrected chi connectivity index (χ4v) is 1.98. The van der Waals surface area contributed by atoms with Crippen LogP contribution < -0.4 is 5.32 Å². The minimum Gasteiger partial charge on any atom is -0.396 e. The molecular formula is C14H20N4O2. The average Bonchev–Trinajstić information content (AvgIpc) is 2.91. The van der Waals surface area contributed by atoms with Crippen LogP contribution in [0.25, 0.3) is 11.0 Å². The monoisotopic (exact) mass is 276 g/mol. The van der Waals surface area contributed by atoms with E-state index in [0.717, 1.165) is 18.2 Å². The van der Waals surface area contributed by atoms with Crippen molar-refractivity contribution in [1.29, 1.82) is 0 Å². The Morgan fingerprint density at radius 1 is 1.45 bits per heavy atom. The van der Waals surface area contributed by atoms with Crippen molar-refractivity contribution >= 4 is 16.9 Å². The van der Waals surface area contributed by atoms with Crippen LogP contribution in [0, 0.1) is 5.41 Å². The summed E-state index contributed by atoms with van der Waals surface area (Å²) in [4.78, 5) is 23.1. The Bertz CT molecular complexity index is 592. The molecule has 6 heteroatoms. The number of carbonyl (C=O) groups is 1. The Balaban J connectivity index is 1.91. The Hall–Kier alpha value is -1.95. The number of amides is 1. The molecule has 0 saturated carbocycles. The topological polar surface area (TPSA) is 90.9 Å². The van der Waals surface area contributed by atoms with E-state index in [-0.39, 0.29) is 17.9 Å². The molecule has 2 heterocycles. The first-order chi connectivity index (χ1) is 9.53. The summed E-state index contributed by atoms with van der Waals surface area (Å²) in [5.41, 5.74) is 0.942. The first-order valence-corrected chi connectivity index (χ1v) is 6.71. The second kappa shape index (κ2) is 6.00. The molecule has 3 N–H and O–H groups in total. The molecule has 0 radical (unpaired) electrons. The molecule has 108 valence electrons. The lowest BCUT2D eigenvalue weighted by Gasteiger charge is -2.21. The van der Waals surface area contributed by atoms with Crippen molar-refractivity contribution in [2.75, 3.05) is 13.2 Å². The van der Waals surface area contributed by atoms with E-state index in [0.29, 0.717) is 17.9 Å². The zero-order valence-electron chi connectivity index (χ0n) is 11.8. The first kappa shape index (κ1) is 14.5. The van der Waals surface area contributed by atoms with E-state index in [4.69, 9.17) is 5.11 Å². The minimum atomic E-state index is -0.196. The maximum Gasteiger partial charge on any atom is 0.270 e. The first-order valence-electron chi connectivity index (χ1n) is 6.71. The largest absolute Gasteiger partial charge is 0.396 e. The quantitative estimate of drug-likeness (QED) is 0.697. The van der Waals surface area contributed by atoms with E-state index >= 15 is 0 Å². The van der Waals surface area contributed by atoms with Crippen LogP contribution in [0.5, 0.6) is 0 Å². The SMILES string of the molecule is CC(C)(CO)CCCNC(=O)c1ncnc2[nH]ccc12. The van der Waals surface area contributed by atoms with Crippen molar-refractivity contribution in [2.24, 2.45) is 5.41 Å². The van der Waals surface area contributed by atoms with Gasteiger partial charge in [-0.15, -0.1) is 0 Å². The molecule has 0 fully saturated rings. The van der Waals surface area contributed by atoms with Gasteiger partial charge in [-0.3, -0.25) is 4.79 Å². The molecule has 0 spiro atoms. The number of rotatable bonds is 6. The molecule has 0 unspecified atom stereocenters. The highest BCUT2D eigenvalue weighted by Gasteiger charge is 2.16. The fraction of sp³-hybridized carbons (Fsp3) is 0.500. The number of carbonyl (C=O) groups excluding carboxylic acids is 1. The van der Waals surface area contributed by atoms with E-state index in [9.17, 15) is 4.79 Å². The summed E-state index contributed by atoms with van der Waals surface area (Å²) in [5.74, 6) is -0.196. The molecule has 2 aromatic heterocycles. The number of fused-ring (bicyclic) bond motifs is 1. The van der Waals surface area contributed by atoms with Crippen molar-refractivity contribution in [2.45, 2.75) is 26.7 Å². The highest BCUT2D eigenvalue weighted by atomic mass is 16.3. The number of aromatic amines is 1. The van der Waals surface area contributed by atoms with Crippen LogP contribution in [0.15, 0.2) is 18.6 Å². The van der Waals surface area contributed by atoms with Crippen molar-refractivity contribution in [3.05, 3.63) is 24.3 Å². The lowest BCUT2D eigenvalue weighted by atomic mass is 9.89. The predicted octanol–water partition coefficient (Wildman–Crippen LogP) is 1.49. The maximum atomic E-state index is 12.1. The smallest absolute Gasteiger partial charge is 0.270 e.